The van der Waals surface area contributed by atoms with E-state index in [4.69, 9.17) is 5.26 Å². The molecule has 0 radical (unpaired) electrons. The fourth-order valence-corrected chi connectivity index (χ4v) is 2.11. The first-order valence-corrected chi connectivity index (χ1v) is 6.33. The molecule has 0 saturated carbocycles. The molecule has 1 aromatic carbocycles. The summed E-state index contributed by atoms with van der Waals surface area (Å²) >= 11 is 3.38. The molecule has 6 heteroatoms. The molecule has 2 rings (SSSR count). The third kappa shape index (κ3) is 2.87. The predicted octanol–water partition coefficient (Wildman–Crippen LogP) is 2.54. The van der Waals surface area contributed by atoms with Crippen LogP contribution in [0.3, 0.4) is 0 Å². The second-order valence-electron chi connectivity index (χ2n) is 3.73. The minimum absolute atomic E-state index is 0.579. The third-order valence-corrected chi connectivity index (χ3v) is 2.97. The molecular weight excluding hydrogens is 294 g/mol. The van der Waals surface area contributed by atoms with Crippen molar-refractivity contribution >= 4 is 21.6 Å². The van der Waals surface area contributed by atoms with E-state index in [1.165, 1.54) is 0 Å². The summed E-state index contributed by atoms with van der Waals surface area (Å²) in [5.41, 5.74) is 1.50. The fourth-order valence-electron chi connectivity index (χ4n) is 1.62. The number of hydrogen-bond acceptors (Lipinski definition) is 4. The molecule has 0 unspecified atom stereocenters. The van der Waals surface area contributed by atoms with E-state index in [0.29, 0.717) is 12.1 Å². The number of halogens is 1. The number of hydrogen-bond donors (Lipinski definition) is 1. The Hall–Kier alpha value is -1.87. The minimum Gasteiger partial charge on any atom is -0.378 e. The molecule has 0 aliphatic rings. The quantitative estimate of drug-likeness (QED) is 0.942. The lowest BCUT2D eigenvalue weighted by Gasteiger charge is -2.07. The molecule has 0 atom stereocenters. The molecule has 1 aromatic heterocycles. The Morgan fingerprint density at radius 1 is 1.44 bits per heavy atom. The van der Waals surface area contributed by atoms with Crippen LogP contribution in [0.25, 0.3) is 0 Å². The predicted molar refractivity (Wildman–Crippen MR) is 71.9 cm³/mol. The molecule has 0 saturated heterocycles. The highest BCUT2D eigenvalue weighted by atomic mass is 79.9. The lowest BCUT2D eigenvalue weighted by molar-refractivity contribution is 0.708. The van der Waals surface area contributed by atoms with Gasteiger partial charge in [-0.3, -0.25) is 0 Å². The van der Waals surface area contributed by atoms with E-state index in [1.54, 1.807) is 18.5 Å². The van der Waals surface area contributed by atoms with Crippen LogP contribution in [0.5, 0.6) is 0 Å². The van der Waals surface area contributed by atoms with Gasteiger partial charge in [-0.05, 0) is 25.1 Å². The number of nitrogens with one attached hydrogen (secondary N) is 1. The topological polar surface area (TPSA) is 66.5 Å². The van der Waals surface area contributed by atoms with Crippen LogP contribution in [0.2, 0.25) is 0 Å². The van der Waals surface area contributed by atoms with Crippen LogP contribution in [0.1, 0.15) is 18.3 Å². The zero-order valence-corrected chi connectivity index (χ0v) is 11.5. The molecule has 2 aromatic rings. The normalized spacial score (nSPS) is 10.1. The average molecular weight is 306 g/mol. The van der Waals surface area contributed by atoms with Gasteiger partial charge in [-0.25, -0.2) is 0 Å². The van der Waals surface area contributed by atoms with E-state index < -0.39 is 0 Å². The summed E-state index contributed by atoms with van der Waals surface area (Å²) in [6.45, 7) is 3.46. The lowest BCUT2D eigenvalue weighted by Crippen LogP contribution is -2.07. The Balaban J connectivity index is 2.11. The van der Waals surface area contributed by atoms with Crippen molar-refractivity contribution in [1.82, 2.24) is 14.8 Å². The van der Waals surface area contributed by atoms with E-state index in [-0.39, 0.29) is 0 Å². The van der Waals surface area contributed by atoms with Crippen LogP contribution in [0.4, 0.5) is 5.69 Å². The van der Waals surface area contributed by atoms with E-state index in [1.807, 2.05) is 17.6 Å². The second-order valence-corrected chi connectivity index (χ2v) is 4.64. The summed E-state index contributed by atoms with van der Waals surface area (Å²) in [5, 5.41) is 20.0. The first kappa shape index (κ1) is 12.6. The van der Waals surface area contributed by atoms with Crippen molar-refractivity contribution in [2.24, 2.45) is 0 Å². The first-order chi connectivity index (χ1) is 8.72. The zero-order chi connectivity index (χ0) is 13.0. The number of nitrogens with zero attached hydrogens (tertiary/aromatic N) is 4. The van der Waals surface area contributed by atoms with Crippen molar-refractivity contribution < 1.29 is 0 Å². The van der Waals surface area contributed by atoms with Gasteiger partial charge >= 0.3 is 0 Å². The molecule has 0 amide bonds. The number of rotatable bonds is 4. The largest absolute Gasteiger partial charge is 0.378 e. The maximum Gasteiger partial charge on any atom is 0.152 e. The van der Waals surface area contributed by atoms with Gasteiger partial charge in [0.05, 0.1) is 18.2 Å². The SMILES string of the molecule is CCn1cnnc1CNc1cc(Br)cc(C#N)c1. The van der Waals surface area contributed by atoms with Gasteiger partial charge in [0.25, 0.3) is 0 Å². The van der Waals surface area contributed by atoms with Crippen LogP contribution in [0, 0.1) is 11.3 Å². The molecule has 5 nitrogen and oxygen atoms in total. The van der Waals surface area contributed by atoms with E-state index in [0.717, 1.165) is 22.5 Å². The summed E-state index contributed by atoms with van der Waals surface area (Å²) in [7, 11) is 0. The highest BCUT2D eigenvalue weighted by Crippen LogP contribution is 2.19. The molecule has 18 heavy (non-hydrogen) atoms. The fraction of sp³-hybridized carbons (Fsp3) is 0.250. The van der Waals surface area contributed by atoms with E-state index in [9.17, 15) is 0 Å². The summed E-state index contributed by atoms with van der Waals surface area (Å²) < 4.78 is 2.84. The maximum absolute atomic E-state index is 8.90. The van der Waals surface area contributed by atoms with Crippen LogP contribution < -0.4 is 5.32 Å². The molecule has 0 aliphatic heterocycles. The summed E-state index contributed by atoms with van der Waals surface area (Å²) in [4.78, 5) is 0. The van der Waals surface area contributed by atoms with Crippen molar-refractivity contribution in [1.29, 1.82) is 5.26 Å². The van der Waals surface area contributed by atoms with Crippen molar-refractivity contribution in [3.63, 3.8) is 0 Å². The Morgan fingerprint density at radius 3 is 3.00 bits per heavy atom. The van der Waals surface area contributed by atoms with Crippen LogP contribution in [-0.2, 0) is 13.1 Å². The molecule has 0 spiro atoms. The highest BCUT2D eigenvalue weighted by Gasteiger charge is 2.03. The van der Waals surface area contributed by atoms with Crippen molar-refractivity contribution in [3.8, 4) is 6.07 Å². The van der Waals surface area contributed by atoms with Gasteiger partial charge in [0.2, 0.25) is 0 Å². The Morgan fingerprint density at radius 2 is 2.28 bits per heavy atom. The van der Waals surface area contributed by atoms with Gasteiger partial charge in [-0.15, -0.1) is 10.2 Å². The molecule has 92 valence electrons. The van der Waals surface area contributed by atoms with Crippen molar-refractivity contribution in [3.05, 3.63) is 40.4 Å². The Bertz CT molecular complexity index is 584. The monoisotopic (exact) mass is 305 g/mol. The van der Waals surface area contributed by atoms with Crippen LogP contribution >= 0.6 is 15.9 Å². The van der Waals surface area contributed by atoms with Gasteiger partial charge in [0, 0.05) is 16.7 Å². The van der Waals surface area contributed by atoms with Gasteiger partial charge in [0.1, 0.15) is 6.33 Å². The number of nitriles is 1. The third-order valence-electron chi connectivity index (χ3n) is 2.51. The van der Waals surface area contributed by atoms with Gasteiger partial charge < -0.3 is 9.88 Å². The van der Waals surface area contributed by atoms with Gasteiger partial charge in [0.15, 0.2) is 5.82 Å². The highest BCUT2D eigenvalue weighted by molar-refractivity contribution is 9.10. The minimum atomic E-state index is 0.579. The maximum atomic E-state index is 8.90. The summed E-state index contributed by atoms with van der Waals surface area (Å²) in [6, 6.07) is 7.63. The van der Waals surface area contributed by atoms with E-state index in [2.05, 4.69) is 37.5 Å². The Labute approximate surface area is 114 Å². The summed E-state index contributed by atoms with van der Waals surface area (Å²) in [5.74, 6) is 0.871. The smallest absolute Gasteiger partial charge is 0.152 e. The molecule has 1 N–H and O–H groups in total. The average Bonchev–Trinajstić information content (AvgIpc) is 2.83. The van der Waals surface area contributed by atoms with Gasteiger partial charge in [-0.1, -0.05) is 15.9 Å². The van der Waals surface area contributed by atoms with Crippen LogP contribution in [-0.4, -0.2) is 14.8 Å². The van der Waals surface area contributed by atoms with E-state index >= 15 is 0 Å². The zero-order valence-electron chi connectivity index (χ0n) is 9.89. The first-order valence-electron chi connectivity index (χ1n) is 5.54. The van der Waals surface area contributed by atoms with Crippen molar-refractivity contribution in [2.45, 2.75) is 20.0 Å². The number of aryl methyl sites for hydroxylation is 1. The number of benzene rings is 1. The van der Waals surface area contributed by atoms with Crippen molar-refractivity contribution in [2.75, 3.05) is 5.32 Å². The molecule has 0 fully saturated rings. The molecule has 0 bridgehead atoms. The summed E-state index contributed by atoms with van der Waals surface area (Å²) in [6.07, 6.45) is 1.71. The number of anilines is 1. The lowest BCUT2D eigenvalue weighted by atomic mass is 10.2. The van der Waals surface area contributed by atoms with Gasteiger partial charge in [-0.2, -0.15) is 5.26 Å². The molecule has 1 heterocycles. The Kier molecular flexibility index (Phi) is 3.95. The second kappa shape index (κ2) is 5.65. The van der Waals surface area contributed by atoms with Crippen LogP contribution in [0.15, 0.2) is 29.0 Å². The molecular formula is C12H12BrN5. The standard InChI is InChI=1S/C12H12BrN5/c1-2-18-8-16-17-12(18)7-15-11-4-9(6-14)3-10(13)5-11/h3-5,8,15H,2,7H2,1H3. The number of aromatic nitrogens is 3. The molecule has 0 aliphatic carbocycles.